The first-order chi connectivity index (χ1) is 12.7. The highest BCUT2D eigenvalue weighted by Gasteiger charge is 2.14. The number of benzene rings is 1. The summed E-state index contributed by atoms with van der Waals surface area (Å²) >= 11 is 0. The summed E-state index contributed by atoms with van der Waals surface area (Å²) < 4.78 is 20.6. The van der Waals surface area contributed by atoms with Crippen molar-refractivity contribution in [2.75, 3.05) is 5.32 Å². The van der Waals surface area contributed by atoms with E-state index in [-0.39, 0.29) is 5.88 Å². The van der Waals surface area contributed by atoms with Gasteiger partial charge in [0.2, 0.25) is 5.88 Å². The standard InChI is InChI=1S/C18H12FN5O2/c19-14-4-2-1-3-13(14)15-9-17(26-23-15)22-18(25)12-5-6-16(21-10-12)24-8-7-20-11-24/h1-11H,(H,22,25). The number of anilines is 1. The number of nitrogens with one attached hydrogen (secondary N) is 1. The Morgan fingerprint density at radius 3 is 2.81 bits per heavy atom. The Labute approximate surface area is 147 Å². The van der Waals surface area contributed by atoms with Gasteiger partial charge < -0.3 is 4.52 Å². The second-order valence-corrected chi connectivity index (χ2v) is 5.39. The molecule has 0 unspecified atom stereocenters. The lowest BCUT2D eigenvalue weighted by molar-refractivity contribution is 0.102. The minimum atomic E-state index is -0.419. The van der Waals surface area contributed by atoms with Crippen molar-refractivity contribution >= 4 is 11.8 Å². The lowest BCUT2D eigenvalue weighted by Crippen LogP contribution is -2.12. The van der Waals surface area contributed by atoms with Crippen molar-refractivity contribution < 1.29 is 13.7 Å². The number of aromatic nitrogens is 4. The van der Waals surface area contributed by atoms with Crippen molar-refractivity contribution in [2.24, 2.45) is 0 Å². The van der Waals surface area contributed by atoms with Crippen molar-refractivity contribution in [1.82, 2.24) is 19.7 Å². The van der Waals surface area contributed by atoms with Crippen LogP contribution in [0.1, 0.15) is 10.4 Å². The topological polar surface area (TPSA) is 85.8 Å². The second-order valence-electron chi connectivity index (χ2n) is 5.39. The molecule has 0 atom stereocenters. The van der Waals surface area contributed by atoms with E-state index in [4.69, 9.17) is 4.52 Å². The number of nitrogens with zero attached hydrogens (tertiary/aromatic N) is 4. The van der Waals surface area contributed by atoms with Gasteiger partial charge in [0, 0.05) is 30.2 Å². The average molecular weight is 349 g/mol. The van der Waals surface area contributed by atoms with Crippen molar-refractivity contribution in [1.29, 1.82) is 0 Å². The molecular weight excluding hydrogens is 337 g/mol. The molecule has 0 saturated carbocycles. The zero-order valence-corrected chi connectivity index (χ0v) is 13.3. The fraction of sp³-hybridized carbons (Fsp3) is 0. The van der Waals surface area contributed by atoms with Gasteiger partial charge in [-0.2, -0.15) is 0 Å². The predicted octanol–water partition coefficient (Wildman–Crippen LogP) is 3.31. The predicted molar refractivity (Wildman–Crippen MR) is 91.2 cm³/mol. The Bertz CT molecular complexity index is 1040. The fourth-order valence-corrected chi connectivity index (χ4v) is 2.38. The summed E-state index contributed by atoms with van der Waals surface area (Å²) in [5.41, 5.74) is 0.938. The van der Waals surface area contributed by atoms with Crippen molar-refractivity contribution in [3.63, 3.8) is 0 Å². The van der Waals surface area contributed by atoms with Crippen LogP contribution >= 0.6 is 0 Å². The molecule has 0 saturated heterocycles. The third kappa shape index (κ3) is 3.07. The SMILES string of the molecule is O=C(Nc1cc(-c2ccccc2F)no1)c1ccc(-n2ccnc2)nc1. The molecule has 0 fully saturated rings. The van der Waals surface area contributed by atoms with Crippen LogP contribution in [0.5, 0.6) is 0 Å². The van der Waals surface area contributed by atoms with Crippen molar-refractivity contribution in [3.8, 4) is 17.1 Å². The number of amides is 1. The van der Waals surface area contributed by atoms with Gasteiger partial charge in [-0.15, -0.1) is 0 Å². The van der Waals surface area contributed by atoms with Crippen LogP contribution in [0.15, 0.2) is 71.9 Å². The molecule has 0 radical (unpaired) electrons. The molecule has 1 amide bonds. The summed E-state index contributed by atoms with van der Waals surface area (Å²) in [5, 5.41) is 6.36. The molecule has 0 aliphatic carbocycles. The molecular formula is C18H12FN5O2. The summed E-state index contributed by atoms with van der Waals surface area (Å²) in [7, 11) is 0. The average Bonchev–Trinajstić information content (AvgIpc) is 3.34. The van der Waals surface area contributed by atoms with E-state index in [9.17, 15) is 9.18 Å². The van der Waals surface area contributed by atoms with Crippen LogP contribution in [-0.4, -0.2) is 25.6 Å². The molecule has 0 bridgehead atoms. The Kier molecular flexibility index (Phi) is 3.98. The third-order valence-electron chi connectivity index (χ3n) is 3.68. The Morgan fingerprint density at radius 1 is 1.19 bits per heavy atom. The monoisotopic (exact) mass is 349 g/mol. The number of carbonyl (C=O) groups is 1. The largest absolute Gasteiger partial charge is 0.338 e. The lowest BCUT2D eigenvalue weighted by Gasteiger charge is -2.03. The van der Waals surface area contributed by atoms with Gasteiger partial charge in [0.15, 0.2) is 0 Å². The van der Waals surface area contributed by atoms with Crippen LogP contribution in [0, 0.1) is 5.82 Å². The van der Waals surface area contributed by atoms with Crippen LogP contribution < -0.4 is 5.32 Å². The lowest BCUT2D eigenvalue weighted by atomic mass is 10.1. The van der Waals surface area contributed by atoms with E-state index in [1.165, 1.54) is 18.3 Å². The van der Waals surface area contributed by atoms with Gasteiger partial charge in [0.1, 0.15) is 23.7 Å². The molecule has 0 spiro atoms. The summed E-state index contributed by atoms with van der Waals surface area (Å²) in [5.74, 6) is -0.0728. The smallest absolute Gasteiger partial charge is 0.259 e. The van der Waals surface area contributed by atoms with Crippen LogP contribution in [-0.2, 0) is 0 Å². The summed E-state index contributed by atoms with van der Waals surface area (Å²) in [6.07, 6.45) is 6.44. The number of hydrogen-bond acceptors (Lipinski definition) is 5. The molecule has 4 rings (SSSR count). The maximum absolute atomic E-state index is 13.8. The molecule has 3 aromatic heterocycles. The number of rotatable bonds is 4. The quantitative estimate of drug-likeness (QED) is 0.611. The number of halogens is 1. The van der Waals surface area contributed by atoms with Gasteiger partial charge in [-0.1, -0.05) is 17.3 Å². The first-order valence-electron chi connectivity index (χ1n) is 7.68. The van der Waals surface area contributed by atoms with Crippen LogP contribution in [0.4, 0.5) is 10.3 Å². The molecule has 3 heterocycles. The molecule has 8 heteroatoms. The minimum absolute atomic E-state index is 0.118. The number of hydrogen-bond donors (Lipinski definition) is 1. The van der Waals surface area contributed by atoms with Gasteiger partial charge >= 0.3 is 0 Å². The Morgan fingerprint density at radius 2 is 2.08 bits per heavy atom. The molecule has 0 aliphatic rings. The zero-order chi connectivity index (χ0) is 17.9. The van der Waals surface area contributed by atoms with Gasteiger partial charge in [-0.05, 0) is 24.3 Å². The van der Waals surface area contributed by atoms with Crippen LogP contribution in [0.3, 0.4) is 0 Å². The summed E-state index contributed by atoms with van der Waals surface area (Å²) in [6.45, 7) is 0. The van der Waals surface area contributed by atoms with E-state index >= 15 is 0 Å². The second kappa shape index (κ2) is 6.60. The van der Waals surface area contributed by atoms with E-state index in [1.54, 1.807) is 53.6 Å². The number of imidazole rings is 1. The van der Waals surface area contributed by atoms with E-state index in [0.717, 1.165) is 0 Å². The molecule has 1 aromatic carbocycles. The summed E-state index contributed by atoms with van der Waals surface area (Å²) in [6, 6.07) is 11.0. The highest BCUT2D eigenvalue weighted by Crippen LogP contribution is 2.24. The van der Waals surface area contributed by atoms with E-state index in [2.05, 4.69) is 20.4 Å². The molecule has 4 aromatic rings. The van der Waals surface area contributed by atoms with Gasteiger partial charge in [0.05, 0.1) is 5.56 Å². The molecule has 1 N–H and O–H groups in total. The zero-order valence-electron chi connectivity index (χ0n) is 13.3. The van der Waals surface area contributed by atoms with Gasteiger partial charge in [-0.3, -0.25) is 14.7 Å². The third-order valence-corrected chi connectivity index (χ3v) is 3.68. The summed E-state index contributed by atoms with van der Waals surface area (Å²) in [4.78, 5) is 20.5. The minimum Gasteiger partial charge on any atom is -0.338 e. The molecule has 128 valence electrons. The van der Waals surface area contributed by atoms with Crippen molar-refractivity contribution in [2.45, 2.75) is 0 Å². The first-order valence-corrected chi connectivity index (χ1v) is 7.68. The van der Waals surface area contributed by atoms with Crippen molar-refractivity contribution in [3.05, 3.63) is 78.8 Å². The van der Waals surface area contributed by atoms with Gasteiger partial charge in [0.25, 0.3) is 5.91 Å². The number of carbonyl (C=O) groups excluding carboxylic acids is 1. The van der Waals surface area contributed by atoms with Crippen LogP contribution in [0.2, 0.25) is 0 Å². The highest BCUT2D eigenvalue weighted by molar-refractivity contribution is 6.03. The van der Waals surface area contributed by atoms with E-state index in [0.29, 0.717) is 22.6 Å². The Balaban J connectivity index is 1.49. The van der Waals surface area contributed by atoms with E-state index in [1.807, 2.05) is 0 Å². The maximum atomic E-state index is 13.8. The fourth-order valence-electron chi connectivity index (χ4n) is 2.38. The first kappa shape index (κ1) is 15.7. The maximum Gasteiger partial charge on any atom is 0.259 e. The normalized spacial score (nSPS) is 10.7. The van der Waals surface area contributed by atoms with Gasteiger partial charge in [-0.25, -0.2) is 14.4 Å². The van der Waals surface area contributed by atoms with Crippen LogP contribution in [0.25, 0.3) is 17.1 Å². The number of pyridine rings is 1. The highest BCUT2D eigenvalue weighted by atomic mass is 19.1. The molecule has 0 aliphatic heterocycles. The molecule has 7 nitrogen and oxygen atoms in total. The van der Waals surface area contributed by atoms with E-state index < -0.39 is 11.7 Å². The molecule has 26 heavy (non-hydrogen) atoms. The Hall–Kier alpha value is -3.81.